The van der Waals surface area contributed by atoms with Crippen molar-refractivity contribution < 1.29 is 14.3 Å². The minimum atomic E-state index is -0.282. The molecule has 0 bridgehead atoms. The van der Waals surface area contributed by atoms with Gasteiger partial charge in [0.1, 0.15) is 17.2 Å². The molecule has 23 heavy (non-hydrogen) atoms. The third-order valence-corrected chi connectivity index (χ3v) is 4.14. The number of H-pyrrole nitrogens is 1. The summed E-state index contributed by atoms with van der Waals surface area (Å²) in [7, 11) is 4.87. The molecule has 0 aliphatic carbocycles. The van der Waals surface area contributed by atoms with E-state index in [0.717, 1.165) is 16.9 Å². The van der Waals surface area contributed by atoms with Gasteiger partial charge in [-0.15, -0.1) is 0 Å². The SMILES string of the molecule is COc1cc2c(c(OC)c1)CN(C(=O)c1cc(=O)[nH]n1C)CC2. The van der Waals surface area contributed by atoms with E-state index in [1.54, 1.807) is 26.2 Å². The molecule has 7 heteroatoms. The number of hydrogen-bond donors (Lipinski definition) is 1. The zero-order valence-electron chi connectivity index (χ0n) is 13.4. The number of carbonyl (C=O) groups excluding carboxylic acids is 1. The standard InChI is InChI=1S/C16H19N3O4/c1-18-13(8-15(20)17-18)16(21)19-5-4-10-6-11(22-2)7-14(23-3)12(10)9-19/h6-8H,4-5,9H2,1-3H3,(H,17,20). The monoisotopic (exact) mass is 317 g/mol. The molecule has 1 N–H and O–H groups in total. The van der Waals surface area contributed by atoms with E-state index >= 15 is 0 Å². The second kappa shape index (κ2) is 5.83. The molecule has 0 saturated heterocycles. The average molecular weight is 317 g/mol. The van der Waals surface area contributed by atoms with Gasteiger partial charge in [-0.25, -0.2) is 0 Å². The van der Waals surface area contributed by atoms with Crippen LogP contribution < -0.4 is 15.0 Å². The Morgan fingerprint density at radius 1 is 1.22 bits per heavy atom. The second-order valence-corrected chi connectivity index (χ2v) is 5.51. The van der Waals surface area contributed by atoms with Gasteiger partial charge in [0.15, 0.2) is 0 Å². The van der Waals surface area contributed by atoms with Gasteiger partial charge in [0, 0.05) is 37.8 Å². The van der Waals surface area contributed by atoms with Crippen LogP contribution >= 0.6 is 0 Å². The molecule has 1 aromatic heterocycles. The maximum Gasteiger partial charge on any atom is 0.272 e. The summed E-state index contributed by atoms with van der Waals surface area (Å²) >= 11 is 0. The van der Waals surface area contributed by atoms with E-state index in [2.05, 4.69) is 5.10 Å². The molecule has 0 spiro atoms. The smallest absolute Gasteiger partial charge is 0.272 e. The van der Waals surface area contributed by atoms with Crippen molar-refractivity contribution in [2.24, 2.45) is 7.05 Å². The van der Waals surface area contributed by atoms with Crippen LogP contribution in [0.25, 0.3) is 0 Å². The molecular formula is C16H19N3O4. The molecule has 0 atom stereocenters. The maximum atomic E-state index is 12.6. The van der Waals surface area contributed by atoms with E-state index in [9.17, 15) is 9.59 Å². The third-order valence-electron chi connectivity index (χ3n) is 4.14. The van der Waals surface area contributed by atoms with Crippen LogP contribution in [0.2, 0.25) is 0 Å². The Balaban J connectivity index is 1.92. The second-order valence-electron chi connectivity index (χ2n) is 5.51. The molecule has 1 aromatic carbocycles. The number of amides is 1. The van der Waals surface area contributed by atoms with E-state index in [0.29, 0.717) is 31.0 Å². The van der Waals surface area contributed by atoms with Crippen molar-refractivity contribution in [3.05, 3.63) is 45.4 Å². The van der Waals surface area contributed by atoms with Gasteiger partial charge in [0.25, 0.3) is 11.5 Å². The van der Waals surface area contributed by atoms with E-state index in [1.807, 2.05) is 12.1 Å². The van der Waals surface area contributed by atoms with Crippen molar-refractivity contribution in [3.63, 3.8) is 0 Å². The number of fused-ring (bicyclic) bond motifs is 1. The first kappa shape index (κ1) is 15.2. The Hall–Kier alpha value is -2.70. The highest BCUT2D eigenvalue weighted by Gasteiger charge is 2.26. The fourth-order valence-corrected chi connectivity index (χ4v) is 2.92. The number of nitrogens with zero attached hydrogens (tertiary/aromatic N) is 2. The molecule has 1 amide bonds. The summed E-state index contributed by atoms with van der Waals surface area (Å²) in [4.78, 5) is 25.8. The zero-order valence-corrected chi connectivity index (χ0v) is 13.4. The van der Waals surface area contributed by atoms with Crippen LogP contribution in [-0.4, -0.2) is 41.4 Å². The highest BCUT2D eigenvalue weighted by Crippen LogP contribution is 2.33. The normalized spacial score (nSPS) is 13.6. The molecule has 0 saturated carbocycles. The van der Waals surface area contributed by atoms with Crippen LogP contribution in [0.1, 0.15) is 21.6 Å². The van der Waals surface area contributed by atoms with Crippen molar-refractivity contribution >= 4 is 5.91 Å². The molecule has 2 aromatic rings. The molecule has 1 aliphatic rings. The fourth-order valence-electron chi connectivity index (χ4n) is 2.92. The minimum Gasteiger partial charge on any atom is -0.497 e. The zero-order chi connectivity index (χ0) is 16.6. The number of nitrogens with one attached hydrogen (secondary N) is 1. The summed E-state index contributed by atoms with van der Waals surface area (Å²) in [5.41, 5.74) is 2.17. The molecule has 7 nitrogen and oxygen atoms in total. The van der Waals surface area contributed by atoms with Gasteiger partial charge in [-0.1, -0.05) is 0 Å². The van der Waals surface area contributed by atoms with Crippen molar-refractivity contribution in [2.75, 3.05) is 20.8 Å². The highest BCUT2D eigenvalue weighted by molar-refractivity contribution is 5.92. The van der Waals surface area contributed by atoms with Crippen molar-refractivity contribution in [3.8, 4) is 11.5 Å². The lowest BCUT2D eigenvalue weighted by atomic mass is 9.98. The first-order valence-electron chi connectivity index (χ1n) is 7.32. The Bertz CT molecular complexity index is 789. The maximum absolute atomic E-state index is 12.6. The number of ether oxygens (including phenoxy) is 2. The number of aryl methyl sites for hydroxylation is 1. The van der Waals surface area contributed by atoms with E-state index < -0.39 is 0 Å². The van der Waals surface area contributed by atoms with Gasteiger partial charge in [0.2, 0.25) is 0 Å². The molecule has 0 fully saturated rings. The Morgan fingerprint density at radius 3 is 2.61 bits per heavy atom. The van der Waals surface area contributed by atoms with Crippen LogP contribution in [0.15, 0.2) is 23.0 Å². The molecule has 122 valence electrons. The van der Waals surface area contributed by atoms with Gasteiger partial charge in [-0.2, -0.15) is 0 Å². The van der Waals surface area contributed by atoms with Crippen LogP contribution in [0.5, 0.6) is 11.5 Å². The molecule has 3 rings (SSSR count). The predicted molar refractivity (Wildman–Crippen MR) is 84.0 cm³/mol. The van der Waals surface area contributed by atoms with Gasteiger partial charge in [-0.05, 0) is 18.1 Å². The first-order valence-corrected chi connectivity index (χ1v) is 7.32. The number of aromatic nitrogens is 2. The molecule has 0 radical (unpaired) electrons. The average Bonchev–Trinajstić information content (AvgIpc) is 2.90. The number of methoxy groups -OCH3 is 2. The predicted octanol–water partition coefficient (Wildman–Crippen LogP) is 0.929. The Labute approximate surface area is 133 Å². The van der Waals surface area contributed by atoms with Crippen LogP contribution in [0, 0.1) is 0 Å². The lowest BCUT2D eigenvalue weighted by molar-refractivity contribution is 0.0722. The van der Waals surface area contributed by atoms with Crippen LogP contribution in [0.3, 0.4) is 0 Å². The van der Waals surface area contributed by atoms with E-state index in [4.69, 9.17) is 9.47 Å². The van der Waals surface area contributed by atoms with Crippen LogP contribution in [0.4, 0.5) is 0 Å². The summed E-state index contributed by atoms with van der Waals surface area (Å²) in [6.45, 7) is 1.03. The Kier molecular flexibility index (Phi) is 3.85. The minimum absolute atomic E-state index is 0.172. The molecule has 2 heterocycles. The number of aromatic amines is 1. The largest absolute Gasteiger partial charge is 0.497 e. The van der Waals surface area contributed by atoms with Gasteiger partial charge < -0.3 is 14.4 Å². The molecular weight excluding hydrogens is 298 g/mol. The number of hydrogen-bond acceptors (Lipinski definition) is 4. The van der Waals surface area contributed by atoms with Gasteiger partial charge in [0.05, 0.1) is 14.2 Å². The molecule has 0 unspecified atom stereocenters. The Morgan fingerprint density at radius 2 is 2.00 bits per heavy atom. The van der Waals surface area contributed by atoms with Gasteiger partial charge in [-0.3, -0.25) is 19.4 Å². The quantitative estimate of drug-likeness (QED) is 0.913. The summed E-state index contributed by atoms with van der Waals surface area (Å²) in [6.07, 6.45) is 0.715. The lowest BCUT2D eigenvalue weighted by Crippen LogP contribution is -2.37. The van der Waals surface area contributed by atoms with Crippen molar-refractivity contribution in [2.45, 2.75) is 13.0 Å². The molecule has 1 aliphatic heterocycles. The third kappa shape index (κ3) is 2.69. The topological polar surface area (TPSA) is 76.6 Å². The first-order chi connectivity index (χ1) is 11.0. The summed E-state index contributed by atoms with van der Waals surface area (Å²) < 4.78 is 12.2. The van der Waals surface area contributed by atoms with Crippen molar-refractivity contribution in [1.29, 1.82) is 0 Å². The van der Waals surface area contributed by atoms with Gasteiger partial charge >= 0.3 is 0 Å². The number of benzene rings is 1. The van der Waals surface area contributed by atoms with E-state index in [1.165, 1.54) is 10.7 Å². The summed E-state index contributed by atoms with van der Waals surface area (Å²) in [5.74, 6) is 1.28. The summed E-state index contributed by atoms with van der Waals surface area (Å²) in [6, 6.07) is 5.12. The fraction of sp³-hybridized carbons (Fsp3) is 0.375. The number of carbonyl (C=O) groups is 1. The highest BCUT2D eigenvalue weighted by atomic mass is 16.5. The van der Waals surface area contributed by atoms with E-state index in [-0.39, 0.29) is 11.5 Å². The van der Waals surface area contributed by atoms with Crippen LogP contribution in [-0.2, 0) is 20.0 Å². The summed E-state index contributed by atoms with van der Waals surface area (Å²) in [5, 5.41) is 2.56. The van der Waals surface area contributed by atoms with Crippen molar-refractivity contribution in [1.82, 2.24) is 14.7 Å². The number of rotatable bonds is 3. The lowest BCUT2D eigenvalue weighted by Gasteiger charge is -2.30.